The summed E-state index contributed by atoms with van der Waals surface area (Å²) in [4.78, 5) is 11.8. The topological polar surface area (TPSA) is 41.1 Å². The minimum absolute atomic E-state index is 0.369. The molecule has 1 aliphatic carbocycles. The lowest BCUT2D eigenvalue weighted by molar-refractivity contribution is 0.321. The van der Waals surface area contributed by atoms with E-state index < -0.39 is 0 Å². The Balaban J connectivity index is 2.28. The Morgan fingerprint density at radius 2 is 2.05 bits per heavy atom. The number of rotatable bonds is 5. The first kappa shape index (κ1) is 16.2. The van der Waals surface area contributed by atoms with Gasteiger partial charge in [-0.25, -0.2) is 9.97 Å². The van der Waals surface area contributed by atoms with Gasteiger partial charge in [0.1, 0.15) is 5.82 Å². The van der Waals surface area contributed by atoms with Crippen LogP contribution >= 0.6 is 0 Å². The Hall–Kier alpha value is -1.16. The van der Waals surface area contributed by atoms with Crippen LogP contribution in [0.5, 0.6) is 0 Å². The highest BCUT2D eigenvalue weighted by atomic mass is 15.2. The molecule has 0 spiro atoms. The lowest BCUT2D eigenvalue weighted by Crippen LogP contribution is -2.40. The highest BCUT2D eigenvalue weighted by molar-refractivity contribution is 5.49. The molecule has 0 aromatic carbocycles. The summed E-state index contributed by atoms with van der Waals surface area (Å²) in [7, 11) is 4.18. The second-order valence-corrected chi connectivity index (χ2v) is 6.69. The van der Waals surface area contributed by atoms with Gasteiger partial charge in [-0.05, 0) is 25.8 Å². The average molecular weight is 290 g/mol. The normalized spacial score (nSPS) is 22.6. The highest BCUT2D eigenvalue weighted by Gasteiger charge is 2.27. The molecule has 0 saturated heterocycles. The van der Waals surface area contributed by atoms with Gasteiger partial charge in [0.2, 0.25) is 0 Å². The SMILES string of the molecule is CNCc1nc(C(C)C)ncc1N(C)C1CCCCC1C. The lowest BCUT2D eigenvalue weighted by Gasteiger charge is -2.38. The summed E-state index contributed by atoms with van der Waals surface area (Å²) in [5, 5.41) is 3.24. The van der Waals surface area contributed by atoms with Crippen molar-refractivity contribution in [3.05, 3.63) is 17.7 Å². The first-order valence-corrected chi connectivity index (χ1v) is 8.27. The summed E-state index contributed by atoms with van der Waals surface area (Å²) in [6.45, 7) is 7.46. The monoisotopic (exact) mass is 290 g/mol. The van der Waals surface area contributed by atoms with E-state index in [-0.39, 0.29) is 0 Å². The van der Waals surface area contributed by atoms with E-state index >= 15 is 0 Å². The summed E-state index contributed by atoms with van der Waals surface area (Å²) in [6, 6.07) is 0.614. The lowest BCUT2D eigenvalue weighted by atomic mass is 9.85. The molecule has 0 radical (unpaired) electrons. The van der Waals surface area contributed by atoms with Gasteiger partial charge in [-0.3, -0.25) is 0 Å². The first-order chi connectivity index (χ1) is 10.0. The van der Waals surface area contributed by atoms with Gasteiger partial charge in [0.25, 0.3) is 0 Å². The molecule has 4 heteroatoms. The predicted molar refractivity (Wildman–Crippen MR) is 88.7 cm³/mol. The Morgan fingerprint density at radius 1 is 1.33 bits per heavy atom. The molecule has 2 atom stereocenters. The number of nitrogens with zero attached hydrogens (tertiary/aromatic N) is 3. The van der Waals surface area contributed by atoms with E-state index in [4.69, 9.17) is 4.98 Å². The summed E-state index contributed by atoms with van der Waals surface area (Å²) in [6.07, 6.45) is 7.35. The number of hydrogen-bond donors (Lipinski definition) is 1. The zero-order valence-electron chi connectivity index (χ0n) is 14.2. The molecule has 1 aliphatic rings. The maximum Gasteiger partial charge on any atom is 0.131 e. The van der Waals surface area contributed by atoms with Gasteiger partial charge < -0.3 is 10.2 Å². The fourth-order valence-corrected chi connectivity index (χ4v) is 3.35. The van der Waals surface area contributed by atoms with Crippen LogP contribution in [0.25, 0.3) is 0 Å². The number of nitrogens with one attached hydrogen (secondary N) is 1. The van der Waals surface area contributed by atoms with Crippen LogP contribution < -0.4 is 10.2 Å². The van der Waals surface area contributed by atoms with Crippen molar-refractivity contribution in [2.45, 2.75) is 65.0 Å². The van der Waals surface area contributed by atoms with Gasteiger partial charge in [-0.1, -0.05) is 33.6 Å². The zero-order chi connectivity index (χ0) is 15.4. The molecule has 1 N–H and O–H groups in total. The Bertz CT molecular complexity index is 458. The largest absolute Gasteiger partial charge is 0.369 e. The molecular weight excluding hydrogens is 260 g/mol. The molecule has 1 aromatic rings. The molecule has 0 aliphatic heterocycles. The van der Waals surface area contributed by atoms with Gasteiger partial charge in [-0.15, -0.1) is 0 Å². The van der Waals surface area contributed by atoms with Crippen molar-refractivity contribution in [1.29, 1.82) is 0 Å². The molecule has 118 valence electrons. The maximum atomic E-state index is 4.79. The van der Waals surface area contributed by atoms with E-state index in [1.54, 1.807) is 0 Å². The maximum absolute atomic E-state index is 4.79. The van der Waals surface area contributed by atoms with Crippen molar-refractivity contribution in [2.24, 2.45) is 5.92 Å². The Kier molecular flexibility index (Phi) is 5.57. The van der Waals surface area contributed by atoms with E-state index in [2.05, 4.69) is 43.0 Å². The van der Waals surface area contributed by atoms with E-state index in [9.17, 15) is 0 Å². The number of aromatic nitrogens is 2. The highest BCUT2D eigenvalue weighted by Crippen LogP contribution is 2.31. The van der Waals surface area contributed by atoms with Crippen LogP contribution in [0.3, 0.4) is 0 Å². The molecule has 1 saturated carbocycles. The molecule has 1 aromatic heterocycles. The molecule has 0 amide bonds. The second-order valence-electron chi connectivity index (χ2n) is 6.69. The van der Waals surface area contributed by atoms with E-state index in [1.807, 2.05) is 13.2 Å². The van der Waals surface area contributed by atoms with Gasteiger partial charge in [-0.2, -0.15) is 0 Å². The molecule has 1 heterocycles. The van der Waals surface area contributed by atoms with E-state index in [0.717, 1.165) is 24.0 Å². The third kappa shape index (κ3) is 3.73. The van der Waals surface area contributed by atoms with Gasteiger partial charge in [0.15, 0.2) is 0 Å². The van der Waals surface area contributed by atoms with Crippen LogP contribution in [0.1, 0.15) is 63.9 Å². The minimum Gasteiger partial charge on any atom is -0.369 e. The van der Waals surface area contributed by atoms with Crippen molar-refractivity contribution >= 4 is 5.69 Å². The smallest absolute Gasteiger partial charge is 0.131 e. The van der Waals surface area contributed by atoms with E-state index in [0.29, 0.717) is 12.0 Å². The summed E-state index contributed by atoms with van der Waals surface area (Å²) in [5.74, 6) is 2.05. The number of hydrogen-bond acceptors (Lipinski definition) is 4. The quantitative estimate of drug-likeness (QED) is 0.903. The molecule has 1 fully saturated rings. The van der Waals surface area contributed by atoms with Crippen LogP contribution in [-0.4, -0.2) is 30.1 Å². The first-order valence-electron chi connectivity index (χ1n) is 8.27. The van der Waals surface area contributed by atoms with Crippen molar-refractivity contribution < 1.29 is 0 Å². The summed E-state index contributed by atoms with van der Waals surface area (Å²) in [5.41, 5.74) is 2.31. The van der Waals surface area contributed by atoms with Crippen molar-refractivity contribution in [2.75, 3.05) is 19.0 Å². The van der Waals surface area contributed by atoms with Crippen molar-refractivity contribution in [3.8, 4) is 0 Å². The van der Waals surface area contributed by atoms with Gasteiger partial charge in [0.05, 0.1) is 17.6 Å². The van der Waals surface area contributed by atoms with Crippen LogP contribution in [0.2, 0.25) is 0 Å². The summed E-state index contributed by atoms with van der Waals surface area (Å²) >= 11 is 0. The van der Waals surface area contributed by atoms with Crippen LogP contribution in [0.4, 0.5) is 5.69 Å². The van der Waals surface area contributed by atoms with Crippen molar-refractivity contribution in [3.63, 3.8) is 0 Å². The standard InChI is InChI=1S/C17H30N4/c1-12(2)17-19-11-16(14(20-17)10-18-4)21(5)15-9-7-6-8-13(15)3/h11-13,15,18H,6-10H2,1-5H3. The number of anilines is 1. The van der Waals surface area contributed by atoms with Gasteiger partial charge in [0, 0.05) is 25.6 Å². The summed E-state index contributed by atoms with van der Waals surface area (Å²) < 4.78 is 0. The Morgan fingerprint density at radius 3 is 2.67 bits per heavy atom. The van der Waals surface area contributed by atoms with Crippen LogP contribution in [-0.2, 0) is 6.54 Å². The van der Waals surface area contributed by atoms with Crippen molar-refractivity contribution in [1.82, 2.24) is 15.3 Å². The second kappa shape index (κ2) is 7.21. The molecule has 0 bridgehead atoms. The van der Waals surface area contributed by atoms with Crippen LogP contribution in [0.15, 0.2) is 6.20 Å². The fraction of sp³-hybridized carbons (Fsp3) is 0.765. The minimum atomic E-state index is 0.369. The average Bonchev–Trinajstić information content (AvgIpc) is 2.47. The third-order valence-electron chi connectivity index (χ3n) is 4.67. The molecule has 2 unspecified atom stereocenters. The molecule has 21 heavy (non-hydrogen) atoms. The zero-order valence-corrected chi connectivity index (χ0v) is 14.2. The Labute approximate surface area is 129 Å². The predicted octanol–water partition coefficient (Wildman–Crippen LogP) is 3.33. The third-order valence-corrected chi connectivity index (χ3v) is 4.67. The van der Waals surface area contributed by atoms with E-state index in [1.165, 1.54) is 31.4 Å². The van der Waals surface area contributed by atoms with Gasteiger partial charge >= 0.3 is 0 Å². The molecular formula is C17H30N4. The fourth-order valence-electron chi connectivity index (χ4n) is 3.35. The molecule has 2 rings (SSSR count). The van der Waals surface area contributed by atoms with Crippen LogP contribution in [0, 0.1) is 5.92 Å². The molecule has 4 nitrogen and oxygen atoms in total.